The van der Waals surface area contributed by atoms with Crippen LogP contribution < -0.4 is 0 Å². The minimum Gasteiger partial charge on any atom is -0.426 e. The van der Waals surface area contributed by atoms with Gasteiger partial charge in [0, 0.05) is 0 Å². The molecule has 1 unspecified atom stereocenters. The van der Waals surface area contributed by atoms with Crippen LogP contribution in [0.4, 0.5) is 0 Å². The Hall–Kier alpha value is -1.31. The van der Waals surface area contributed by atoms with Gasteiger partial charge in [-0.25, -0.2) is 0 Å². The Morgan fingerprint density at radius 3 is 3.07 bits per heavy atom. The van der Waals surface area contributed by atoms with Gasteiger partial charge in [0.05, 0.1) is 5.92 Å². The van der Waals surface area contributed by atoms with Crippen molar-refractivity contribution in [2.75, 3.05) is 0 Å². The van der Waals surface area contributed by atoms with Crippen molar-refractivity contribution in [1.82, 2.24) is 0 Å². The van der Waals surface area contributed by atoms with E-state index >= 15 is 0 Å². The number of rotatable bonds is 0. The van der Waals surface area contributed by atoms with E-state index < -0.39 is 0 Å². The third kappa shape index (κ3) is 1.65. The van der Waals surface area contributed by atoms with Gasteiger partial charge in [-0.2, -0.15) is 0 Å². The summed E-state index contributed by atoms with van der Waals surface area (Å²) in [5.74, 6) is 0.632. The first-order valence-corrected chi connectivity index (χ1v) is 4.95. The lowest BCUT2D eigenvalue weighted by molar-refractivity contribution is -0.144. The van der Waals surface area contributed by atoms with Gasteiger partial charge in [-0.1, -0.05) is 24.6 Å². The molecule has 0 spiro atoms. The molecule has 1 aliphatic heterocycles. The predicted molar refractivity (Wildman–Crippen MR) is 54.4 cm³/mol. The lowest BCUT2D eigenvalue weighted by Gasteiger charge is -2.20. The zero-order valence-electron chi connectivity index (χ0n) is 8.54. The van der Waals surface area contributed by atoms with Gasteiger partial charge in [-0.05, 0) is 31.4 Å². The minimum absolute atomic E-state index is 0.00907. The van der Waals surface area contributed by atoms with Crippen LogP contribution in [0.2, 0.25) is 0 Å². The molecule has 0 aromatic rings. The highest BCUT2D eigenvalue weighted by Crippen LogP contribution is 2.29. The molecule has 2 heteroatoms. The summed E-state index contributed by atoms with van der Waals surface area (Å²) in [6.45, 7) is 3.95. The fourth-order valence-electron chi connectivity index (χ4n) is 1.73. The third-order valence-electron chi connectivity index (χ3n) is 2.59. The molecule has 74 valence electrons. The monoisotopic (exact) mass is 190 g/mol. The van der Waals surface area contributed by atoms with Crippen molar-refractivity contribution in [3.05, 3.63) is 35.1 Å². The fraction of sp³-hybridized carbons (Fsp3) is 0.417. The zero-order chi connectivity index (χ0) is 10.1. The number of esters is 1. The SMILES string of the molecule is CC1=CC2=C(C=CC1)CC(C)C(=O)O2. The lowest BCUT2D eigenvalue weighted by atomic mass is 9.97. The second kappa shape index (κ2) is 3.45. The van der Waals surface area contributed by atoms with Gasteiger partial charge in [-0.3, -0.25) is 4.79 Å². The molecular formula is C12H14O2. The lowest BCUT2D eigenvalue weighted by Crippen LogP contribution is -2.20. The predicted octanol–water partition coefficient (Wildman–Crippen LogP) is 2.73. The normalized spacial score (nSPS) is 26.6. The molecule has 0 amide bonds. The molecule has 2 rings (SSSR count). The van der Waals surface area contributed by atoms with E-state index in [-0.39, 0.29) is 11.9 Å². The first kappa shape index (κ1) is 9.25. The van der Waals surface area contributed by atoms with Crippen molar-refractivity contribution >= 4 is 5.97 Å². The highest BCUT2D eigenvalue weighted by atomic mass is 16.5. The summed E-state index contributed by atoms with van der Waals surface area (Å²) in [7, 11) is 0. The molecule has 1 aliphatic carbocycles. The highest BCUT2D eigenvalue weighted by molar-refractivity contribution is 5.76. The molecular weight excluding hydrogens is 176 g/mol. The van der Waals surface area contributed by atoms with E-state index in [0.29, 0.717) is 0 Å². The molecule has 0 N–H and O–H groups in total. The van der Waals surface area contributed by atoms with Crippen LogP contribution in [-0.4, -0.2) is 5.97 Å². The van der Waals surface area contributed by atoms with E-state index in [4.69, 9.17) is 4.74 Å². The fourth-order valence-corrected chi connectivity index (χ4v) is 1.73. The third-order valence-corrected chi connectivity index (χ3v) is 2.59. The van der Waals surface area contributed by atoms with Crippen LogP contribution in [0.25, 0.3) is 0 Å². The number of hydrogen-bond donors (Lipinski definition) is 0. The molecule has 0 saturated carbocycles. The van der Waals surface area contributed by atoms with Crippen molar-refractivity contribution in [3.8, 4) is 0 Å². The summed E-state index contributed by atoms with van der Waals surface area (Å²) in [6.07, 6.45) is 7.91. The zero-order valence-corrected chi connectivity index (χ0v) is 8.54. The Morgan fingerprint density at radius 2 is 2.29 bits per heavy atom. The summed E-state index contributed by atoms with van der Waals surface area (Å²) in [5.41, 5.74) is 2.38. The van der Waals surface area contributed by atoms with Gasteiger partial charge in [0.2, 0.25) is 0 Å². The van der Waals surface area contributed by atoms with E-state index in [2.05, 4.69) is 12.2 Å². The van der Waals surface area contributed by atoms with Crippen LogP contribution >= 0.6 is 0 Å². The summed E-state index contributed by atoms with van der Waals surface area (Å²) in [4.78, 5) is 11.4. The van der Waals surface area contributed by atoms with Crippen molar-refractivity contribution in [3.63, 3.8) is 0 Å². The van der Waals surface area contributed by atoms with Gasteiger partial charge in [-0.15, -0.1) is 0 Å². The van der Waals surface area contributed by atoms with Gasteiger partial charge in [0.15, 0.2) is 0 Å². The Kier molecular flexibility index (Phi) is 2.28. The minimum atomic E-state index is -0.108. The molecule has 0 aromatic carbocycles. The quantitative estimate of drug-likeness (QED) is 0.549. The molecule has 1 heterocycles. The van der Waals surface area contributed by atoms with Gasteiger partial charge < -0.3 is 4.74 Å². The van der Waals surface area contributed by atoms with E-state index in [0.717, 1.165) is 24.2 Å². The van der Waals surface area contributed by atoms with Crippen LogP contribution in [0, 0.1) is 5.92 Å². The van der Waals surface area contributed by atoms with Crippen LogP contribution in [-0.2, 0) is 9.53 Å². The average molecular weight is 190 g/mol. The number of hydrogen-bond acceptors (Lipinski definition) is 2. The Bertz CT molecular complexity index is 359. The standard InChI is InChI=1S/C12H14O2/c1-8-4-3-5-10-7-9(2)12(13)14-11(10)6-8/h3,5-6,9H,4,7H2,1-2H3. The van der Waals surface area contributed by atoms with Crippen molar-refractivity contribution in [1.29, 1.82) is 0 Å². The number of carbonyl (C=O) groups is 1. The van der Waals surface area contributed by atoms with E-state index in [9.17, 15) is 4.79 Å². The number of carbonyl (C=O) groups excluding carboxylic acids is 1. The van der Waals surface area contributed by atoms with E-state index in [1.165, 1.54) is 5.57 Å². The van der Waals surface area contributed by atoms with Crippen LogP contribution in [0.3, 0.4) is 0 Å². The second-order valence-electron chi connectivity index (χ2n) is 4.01. The molecule has 0 bridgehead atoms. The maximum atomic E-state index is 11.4. The van der Waals surface area contributed by atoms with Crippen molar-refractivity contribution in [2.45, 2.75) is 26.7 Å². The number of ether oxygens (including phenoxy) is 1. The average Bonchev–Trinajstić information content (AvgIpc) is 2.28. The highest BCUT2D eigenvalue weighted by Gasteiger charge is 2.25. The Labute approximate surface area is 83.9 Å². The van der Waals surface area contributed by atoms with Crippen molar-refractivity contribution < 1.29 is 9.53 Å². The smallest absolute Gasteiger partial charge is 0.314 e. The second-order valence-corrected chi connectivity index (χ2v) is 4.01. The molecule has 1 atom stereocenters. The molecule has 2 nitrogen and oxygen atoms in total. The molecule has 0 radical (unpaired) electrons. The van der Waals surface area contributed by atoms with Crippen LogP contribution in [0.5, 0.6) is 0 Å². The van der Waals surface area contributed by atoms with Gasteiger partial charge >= 0.3 is 5.97 Å². The van der Waals surface area contributed by atoms with E-state index in [1.54, 1.807) is 0 Å². The van der Waals surface area contributed by atoms with E-state index in [1.807, 2.05) is 19.9 Å². The molecule has 14 heavy (non-hydrogen) atoms. The number of allylic oxidation sites excluding steroid dienone is 5. The largest absolute Gasteiger partial charge is 0.426 e. The Balaban J connectivity index is 2.37. The summed E-state index contributed by atoms with van der Waals surface area (Å²) in [5, 5.41) is 0. The van der Waals surface area contributed by atoms with Gasteiger partial charge in [0.1, 0.15) is 5.76 Å². The van der Waals surface area contributed by atoms with Crippen LogP contribution in [0.15, 0.2) is 35.1 Å². The topological polar surface area (TPSA) is 26.3 Å². The van der Waals surface area contributed by atoms with Crippen molar-refractivity contribution in [2.24, 2.45) is 5.92 Å². The molecule has 2 aliphatic rings. The molecule has 0 aromatic heterocycles. The maximum Gasteiger partial charge on any atom is 0.314 e. The van der Waals surface area contributed by atoms with Gasteiger partial charge in [0.25, 0.3) is 0 Å². The first-order chi connectivity index (χ1) is 6.66. The summed E-state index contributed by atoms with van der Waals surface area (Å²) >= 11 is 0. The first-order valence-electron chi connectivity index (χ1n) is 4.95. The summed E-state index contributed by atoms with van der Waals surface area (Å²) in [6, 6.07) is 0. The van der Waals surface area contributed by atoms with Crippen LogP contribution in [0.1, 0.15) is 26.7 Å². The maximum absolute atomic E-state index is 11.4. The molecule has 0 saturated heterocycles. The Morgan fingerprint density at radius 1 is 1.50 bits per heavy atom. The summed E-state index contributed by atoms with van der Waals surface area (Å²) < 4.78 is 5.27. The molecule has 0 fully saturated rings.